The maximum atomic E-state index is 4.15. The van der Waals surface area contributed by atoms with Crippen molar-refractivity contribution in [3.05, 3.63) is 22.9 Å². The van der Waals surface area contributed by atoms with Gasteiger partial charge in [-0.15, -0.1) is 0 Å². The average molecular weight is 311 g/mol. The Kier molecular flexibility index (Phi) is 4.31. The molecule has 1 saturated carbocycles. The summed E-state index contributed by atoms with van der Waals surface area (Å²) in [6.07, 6.45) is 7.08. The summed E-state index contributed by atoms with van der Waals surface area (Å²) >= 11 is 3.41. The molecule has 0 atom stereocenters. The van der Waals surface area contributed by atoms with Crippen molar-refractivity contribution in [1.82, 2.24) is 4.98 Å². The molecule has 0 amide bonds. The molecule has 0 saturated heterocycles. The molecule has 0 aromatic carbocycles. The number of anilines is 1. The Bertz CT molecular complexity index is 390. The van der Waals surface area contributed by atoms with Gasteiger partial charge in [0.1, 0.15) is 4.60 Å². The lowest BCUT2D eigenvalue weighted by Crippen LogP contribution is -2.31. The van der Waals surface area contributed by atoms with E-state index in [0.29, 0.717) is 11.5 Å². The SMILES string of the molecule is CC(C)(C)C1CCC(Nc2ccnc(Br)c2)CC1. The molecule has 2 nitrogen and oxygen atoms in total. The number of pyridine rings is 1. The average Bonchev–Trinajstić information content (AvgIpc) is 2.28. The van der Waals surface area contributed by atoms with Crippen LogP contribution in [0.4, 0.5) is 5.69 Å². The molecule has 2 rings (SSSR count). The van der Waals surface area contributed by atoms with Gasteiger partial charge < -0.3 is 5.32 Å². The van der Waals surface area contributed by atoms with Crippen LogP contribution in [0.3, 0.4) is 0 Å². The van der Waals surface area contributed by atoms with Gasteiger partial charge in [0, 0.05) is 17.9 Å². The molecule has 1 N–H and O–H groups in total. The third-order valence-corrected chi connectivity index (χ3v) is 4.48. The van der Waals surface area contributed by atoms with E-state index >= 15 is 0 Å². The Balaban J connectivity index is 1.87. The minimum absolute atomic E-state index is 0.463. The molecule has 0 aliphatic heterocycles. The van der Waals surface area contributed by atoms with Gasteiger partial charge >= 0.3 is 0 Å². The van der Waals surface area contributed by atoms with Crippen LogP contribution in [0.5, 0.6) is 0 Å². The summed E-state index contributed by atoms with van der Waals surface area (Å²) in [5, 5.41) is 3.62. The van der Waals surface area contributed by atoms with Gasteiger partial charge in [-0.05, 0) is 65.1 Å². The van der Waals surface area contributed by atoms with Crippen molar-refractivity contribution in [2.24, 2.45) is 11.3 Å². The summed E-state index contributed by atoms with van der Waals surface area (Å²) in [5.41, 5.74) is 1.64. The van der Waals surface area contributed by atoms with Crippen LogP contribution < -0.4 is 5.32 Å². The number of nitrogens with one attached hydrogen (secondary N) is 1. The molecule has 1 aliphatic carbocycles. The van der Waals surface area contributed by atoms with E-state index in [1.54, 1.807) is 0 Å². The summed E-state index contributed by atoms with van der Waals surface area (Å²) in [5.74, 6) is 0.875. The first-order valence-corrected chi connectivity index (χ1v) is 7.62. The quantitative estimate of drug-likeness (QED) is 0.789. The van der Waals surface area contributed by atoms with Gasteiger partial charge in [0.15, 0.2) is 0 Å². The second-order valence-corrected chi connectivity index (χ2v) is 7.24. The summed E-state index contributed by atoms with van der Waals surface area (Å²) in [4.78, 5) is 4.15. The first-order chi connectivity index (χ1) is 8.45. The Morgan fingerprint density at radius 3 is 2.44 bits per heavy atom. The molecule has 0 radical (unpaired) electrons. The van der Waals surface area contributed by atoms with Gasteiger partial charge in [-0.1, -0.05) is 20.8 Å². The van der Waals surface area contributed by atoms with Crippen molar-refractivity contribution >= 4 is 21.6 Å². The lowest BCUT2D eigenvalue weighted by Gasteiger charge is -2.37. The zero-order chi connectivity index (χ0) is 13.2. The number of rotatable bonds is 2. The van der Waals surface area contributed by atoms with Crippen LogP contribution in [-0.2, 0) is 0 Å². The van der Waals surface area contributed by atoms with Crippen LogP contribution in [0.25, 0.3) is 0 Å². The van der Waals surface area contributed by atoms with Crippen molar-refractivity contribution < 1.29 is 0 Å². The van der Waals surface area contributed by atoms with Crippen molar-refractivity contribution in [2.75, 3.05) is 5.32 Å². The van der Waals surface area contributed by atoms with Gasteiger partial charge in [-0.3, -0.25) is 0 Å². The molecule has 0 unspecified atom stereocenters. The molecule has 18 heavy (non-hydrogen) atoms. The zero-order valence-electron chi connectivity index (χ0n) is 11.5. The van der Waals surface area contributed by atoms with Crippen LogP contribution in [0, 0.1) is 11.3 Å². The predicted octanol–water partition coefficient (Wildman–Crippen LogP) is 4.86. The molecule has 1 aromatic rings. The van der Waals surface area contributed by atoms with E-state index in [1.165, 1.54) is 31.4 Å². The van der Waals surface area contributed by atoms with E-state index < -0.39 is 0 Å². The fourth-order valence-corrected chi connectivity index (χ4v) is 3.20. The first-order valence-electron chi connectivity index (χ1n) is 6.83. The molecule has 0 bridgehead atoms. The zero-order valence-corrected chi connectivity index (χ0v) is 13.1. The Labute approximate surface area is 119 Å². The van der Waals surface area contributed by atoms with E-state index in [1.807, 2.05) is 12.3 Å². The van der Waals surface area contributed by atoms with Crippen molar-refractivity contribution in [3.8, 4) is 0 Å². The highest BCUT2D eigenvalue weighted by Gasteiger charge is 2.29. The maximum Gasteiger partial charge on any atom is 0.108 e. The second-order valence-electron chi connectivity index (χ2n) is 6.43. The van der Waals surface area contributed by atoms with Gasteiger partial charge in [-0.25, -0.2) is 4.98 Å². The molecule has 1 aliphatic rings. The third-order valence-electron chi connectivity index (χ3n) is 4.05. The monoisotopic (exact) mass is 310 g/mol. The van der Waals surface area contributed by atoms with Gasteiger partial charge in [0.05, 0.1) is 0 Å². The first kappa shape index (κ1) is 13.9. The van der Waals surface area contributed by atoms with Crippen LogP contribution in [0.15, 0.2) is 22.9 Å². The second kappa shape index (κ2) is 5.60. The Morgan fingerprint density at radius 2 is 1.89 bits per heavy atom. The Hall–Kier alpha value is -0.570. The highest BCUT2D eigenvalue weighted by Crippen LogP contribution is 2.38. The van der Waals surface area contributed by atoms with Crippen molar-refractivity contribution in [2.45, 2.75) is 52.5 Å². The highest BCUT2D eigenvalue weighted by molar-refractivity contribution is 9.10. The summed E-state index contributed by atoms with van der Waals surface area (Å²) in [7, 11) is 0. The molecule has 1 fully saturated rings. The van der Waals surface area contributed by atoms with E-state index in [0.717, 1.165) is 10.5 Å². The van der Waals surface area contributed by atoms with E-state index in [-0.39, 0.29) is 0 Å². The largest absolute Gasteiger partial charge is 0.382 e. The molecule has 1 heterocycles. The van der Waals surface area contributed by atoms with E-state index in [4.69, 9.17) is 0 Å². The predicted molar refractivity (Wildman–Crippen MR) is 80.8 cm³/mol. The number of nitrogens with zero attached hydrogens (tertiary/aromatic N) is 1. The summed E-state index contributed by atoms with van der Waals surface area (Å²) in [6, 6.07) is 4.72. The van der Waals surface area contributed by atoms with Crippen LogP contribution in [0.2, 0.25) is 0 Å². The standard InChI is InChI=1S/C15H23BrN2/c1-15(2,3)11-4-6-12(7-5-11)18-13-8-9-17-14(16)10-13/h8-12H,4-7H2,1-3H3,(H,17,18). The highest BCUT2D eigenvalue weighted by atomic mass is 79.9. The molecular weight excluding hydrogens is 288 g/mol. The number of hydrogen-bond donors (Lipinski definition) is 1. The Morgan fingerprint density at radius 1 is 1.22 bits per heavy atom. The van der Waals surface area contributed by atoms with E-state index in [9.17, 15) is 0 Å². The van der Waals surface area contributed by atoms with E-state index in [2.05, 4.69) is 53.1 Å². The molecule has 1 aromatic heterocycles. The minimum atomic E-state index is 0.463. The lowest BCUT2D eigenvalue weighted by atomic mass is 9.71. The number of halogens is 1. The van der Waals surface area contributed by atoms with Crippen LogP contribution >= 0.6 is 15.9 Å². The van der Waals surface area contributed by atoms with Crippen LogP contribution in [0.1, 0.15) is 46.5 Å². The van der Waals surface area contributed by atoms with Gasteiger partial charge in [0.25, 0.3) is 0 Å². The molecule has 0 spiro atoms. The van der Waals surface area contributed by atoms with Gasteiger partial charge in [0.2, 0.25) is 0 Å². The summed E-state index contributed by atoms with van der Waals surface area (Å²) < 4.78 is 0.899. The lowest BCUT2D eigenvalue weighted by molar-refractivity contribution is 0.173. The molecular formula is C15H23BrN2. The number of hydrogen-bond acceptors (Lipinski definition) is 2. The van der Waals surface area contributed by atoms with Crippen LogP contribution in [-0.4, -0.2) is 11.0 Å². The molecule has 3 heteroatoms. The smallest absolute Gasteiger partial charge is 0.108 e. The molecule has 100 valence electrons. The minimum Gasteiger partial charge on any atom is -0.382 e. The third kappa shape index (κ3) is 3.71. The van der Waals surface area contributed by atoms with Crippen molar-refractivity contribution in [3.63, 3.8) is 0 Å². The topological polar surface area (TPSA) is 24.9 Å². The van der Waals surface area contributed by atoms with Crippen molar-refractivity contribution in [1.29, 1.82) is 0 Å². The number of aromatic nitrogens is 1. The maximum absolute atomic E-state index is 4.15. The van der Waals surface area contributed by atoms with Gasteiger partial charge in [-0.2, -0.15) is 0 Å². The fourth-order valence-electron chi connectivity index (χ4n) is 2.83. The summed E-state index contributed by atoms with van der Waals surface area (Å²) in [6.45, 7) is 7.10. The normalized spacial score (nSPS) is 24.9. The fraction of sp³-hybridized carbons (Fsp3) is 0.667.